The highest BCUT2D eigenvalue weighted by Crippen LogP contribution is 2.17. The molecule has 0 aliphatic rings. The van der Waals surface area contributed by atoms with Gasteiger partial charge in [0.15, 0.2) is 11.6 Å². The normalized spacial score (nSPS) is 10.3. The summed E-state index contributed by atoms with van der Waals surface area (Å²) in [6.45, 7) is 4.04. The van der Waals surface area contributed by atoms with Crippen molar-refractivity contribution in [2.45, 2.75) is 13.8 Å². The molecule has 0 saturated heterocycles. The average molecular weight is 264 g/mol. The Bertz CT molecular complexity index is 597. The molecular weight excluding hydrogens is 251 g/mol. The van der Waals surface area contributed by atoms with Crippen molar-refractivity contribution in [3.63, 3.8) is 0 Å². The molecule has 0 aliphatic carbocycles. The summed E-state index contributed by atoms with van der Waals surface area (Å²) in [6.07, 6.45) is 1.36. The minimum atomic E-state index is -0.696. The van der Waals surface area contributed by atoms with Crippen LogP contribution < -0.4 is 10.6 Å². The molecule has 2 rings (SSSR count). The molecule has 2 aromatic heterocycles. The molecule has 0 bridgehead atoms. The number of hydrogen-bond acceptors (Lipinski definition) is 5. The predicted molar refractivity (Wildman–Crippen MR) is 67.6 cm³/mol. The van der Waals surface area contributed by atoms with Gasteiger partial charge in [-0.15, -0.1) is 0 Å². The van der Waals surface area contributed by atoms with Crippen molar-refractivity contribution in [1.29, 1.82) is 0 Å². The zero-order chi connectivity index (χ0) is 13.8. The maximum atomic E-state index is 14.0. The number of pyridine rings is 1. The molecule has 0 unspecified atom stereocenters. The molecule has 7 heteroatoms. The Balaban J connectivity index is 2.21. The summed E-state index contributed by atoms with van der Waals surface area (Å²) < 4.78 is 18.8. The number of rotatable bonds is 4. The van der Waals surface area contributed by atoms with Gasteiger partial charge in [-0.05, 0) is 19.9 Å². The summed E-state index contributed by atoms with van der Waals surface area (Å²) in [6, 6.07) is 2.84. The van der Waals surface area contributed by atoms with Gasteiger partial charge in [0.25, 0.3) is 5.91 Å². The van der Waals surface area contributed by atoms with Gasteiger partial charge in [-0.25, -0.2) is 9.37 Å². The highest BCUT2D eigenvalue weighted by Gasteiger charge is 2.17. The number of hydrogen-bond donors (Lipinski definition) is 2. The lowest BCUT2D eigenvalue weighted by Gasteiger charge is -2.07. The van der Waals surface area contributed by atoms with Crippen molar-refractivity contribution >= 4 is 17.6 Å². The number of aryl methyl sites for hydroxylation is 1. The smallest absolute Gasteiger partial charge is 0.261 e. The number of nitrogens with zero attached hydrogens (tertiary/aromatic N) is 2. The first-order valence-electron chi connectivity index (χ1n) is 5.75. The number of halogens is 1. The van der Waals surface area contributed by atoms with Gasteiger partial charge in [-0.2, -0.15) is 0 Å². The van der Waals surface area contributed by atoms with Crippen molar-refractivity contribution in [3.05, 3.63) is 35.4 Å². The Morgan fingerprint density at radius 3 is 2.95 bits per heavy atom. The molecule has 0 spiro atoms. The molecule has 19 heavy (non-hydrogen) atoms. The van der Waals surface area contributed by atoms with Crippen LogP contribution in [0.3, 0.4) is 0 Å². The summed E-state index contributed by atoms with van der Waals surface area (Å²) in [5, 5.41) is 8.79. The van der Waals surface area contributed by atoms with Crippen LogP contribution in [-0.4, -0.2) is 22.6 Å². The van der Waals surface area contributed by atoms with Crippen LogP contribution >= 0.6 is 0 Å². The van der Waals surface area contributed by atoms with E-state index in [0.29, 0.717) is 12.2 Å². The van der Waals surface area contributed by atoms with Crippen LogP contribution in [0.4, 0.5) is 16.1 Å². The summed E-state index contributed by atoms with van der Waals surface area (Å²) in [5.74, 6) is -1.10. The van der Waals surface area contributed by atoms with E-state index in [1.54, 1.807) is 13.0 Å². The van der Waals surface area contributed by atoms with Gasteiger partial charge in [0.1, 0.15) is 0 Å². The average Bonchev–Trinajstić information content (AvgIpc) is 2.77. The standard InChI is InChI=1S/C12H13FN4O2/c1-3-14-11-10(13)8(4-5-15-11)12(18)16-9-6-7(2)17-19-9/h4-6H,3H2,1-2H3,(H,14,15)(H,16,18). The van der Waals surface area contributed by atoms with Crippen LogP contribution in [0.2, 0.25) is 0 Å². The van der Waals surface area contributed by atoms with E-state index < -0.39 is 11.7 Å². The summed E-state index contributed by atoms with van der Waals surface area (Å²) in [5.41, 5.74) is 0.513. The van der Waals surface area contributed by atoms with Crippen molar-refractivity contribution in [2.75, 3.05) is 17.2 Å². The molecule has 1 amide bonds. The zero-order valence-electron chi connectivity index (χ0n) is 10.5. The van der Waals surface area contributed by atoms with Crippen LogP contribution in [-0.2, 0) is 0 Å². The summed E-state index contributed by atoms with van der Waals surface area (Å²) in [4.78, 5) is 15.7. The fraction of sp³-hybridized carbons (Fsp3) is 0.250. The van der Waals surface area contributed by atoms with E-state index in [0.717, 1.165) is 0 Å². The molecule has 2 aromatic rings. The Labute approximate surface area is 109 Å². The zero-order valence-corrected chi connectivity index (χ0v) is 10.5. The lowest BCUT2D eigenvalue weighted by atomic mass is 10.2. The number of nitrogens with one attached hydrogen (secondary N) is 2. The van der Waals surface area contributed by atoms with Crippen LogP contribution in [0.25, 0.3) is 0 Å². The molecule has 100 valence electrons. The monoisotopic (exact) mass is 264 g/mol. The van der Waals surface area contributed by atoms with Crippen LogP contribution in [0.15, 0.2) is 22.9 Å². The van der Waals surface area contributed by atoms with Crippen molar-refractivity contribution in [3.8, 4) is 0 Å². The van der Waals surface area contributed by atoms with Gasteiger partial charge in [-0.3, -0.25) is 10.1 Å². The van der Waals surface area contributed by atoms with Gasteiger partial charge in [0.05, 0.1) is 11.3 Å². The van der Waals surface area contributed by atoms with Crippen LogP contribution in [0.5, 0.6) is 0 Å². The van der Waals surface area contributed by atoms with E-state index in [2.05, 4.69) is 20.8 Å². The third-order valence-electron chi connectivity index (χ3n) is 2.34. The number of carbonyl (C=O) groups excluding carboxylic acids is 1. The quantitative estimate of drug-likeness (QED) is 0.884. The number of carbonyl (C=O) groups is 1. The molecule has 6 nitrogen and oxygen atoms in total. The van der Waals surface area contributed by atoms with Gasteiger partial charge >= 0.3 is 0 Å². The maximum absolute atomic E-state index is 14.0. The van der Waals surface area contributed by atoms with Crippen molar-refractivity contribution in [2.24, 2.45) is 0 Å². The Morgan fingerprint density at radius 1 is 1.53 bits per heavy atom. The second-order valence-electron chi connectivity index (χ2n) is 3.84. The first-order valence-corrected chi connectivity index (χ1v) is 5.75. The molecule has 0 radical (unpaired) electrons. The summed E-state index contributed by atoms with van der Waals surface area (Å²) >= 11 is 0. The molecule has 2 heterocycles. The first-order chi connectivity index (χ1) is 9.11. The van der Waals surface area contributed by atoms with E-state index in [9.17, 15) is 9.18 Å². The second kappa shape index (κ2) is 5.47. The highest BCUT2D eigenvalue weighted by molar-refractivity contribution is 6.04. The molecule has 0 atom stereocenters. The maximum Gasteiger partial charge on any atom is 0.261 e. The van der Waals surface area contributed by atoms with E-state index in [-0.39, 0.29) is 17.3 Å². The molecule has 0 fully saturated rings. The van der Waals surface area contributed by atoms with Crippen molar-refractivity contribution < 1.29 is 13.7 Å². The van der Waals surface area contributed by atoms with E-state index in [1.807, 2.05) is 6.92 Å². The SMILES string of the molecule is CCNc1nccc(C(=O)Nc2cc(C)no2)c1F. The van der Waals surface area contributed by atoms with E-state index in [4.69, 9.17) is 4.52 Å². The molecule has 0 aromatic carbocycles. The summed E-state index contributed by atoms with van der Waals surface area (Å²) in [7, 11) is 0. The predicted octanol–water partition coefficient (Wildman–Crippen LogP) is 2.20. The van der Waals surface area contributed by atoms with Crippen molar-refractivity contribution in [1.82, 2.24) is 10.1 Å². The second-order valence-corrected chi connectivity index (χ2v) is 3.84. The van der Waals surface area contributed by atoms with E-state index >= 15 is 0 Å². The lowest BCUT2D eigenvalue weighted by molar-refractivity contribution is 0.102. The van der Waals surface area contributed by atoms with Gasteiger partial charge in [0.2, 0.25) is 5.88 Å². The van der Waals surface area contributed by atoms with Gasteiger partial charge < -0.3 is 9.84 Å². The number of anilines is 2. The Kier molecular flexibility index (Phi) is 3.74. The number of amides is 1. The lowest BCUT2D eigenvalue weighted by Crippen LogP contribution is -2.15. The van der Waals surface area contributed by atoms with E-state index in [1.165, 1.54) is 12.3 Å². The topological polar surface area (TPSA) is 80.0 Å². The highest BCUT2D eigenvalue weighted by atomic mass is 19.1. The molecular formula is C12H13FN4O2. The minimum Gasteiger partial charge on any atom is -0.368 e. The molecule has 0 aliphatic heterocycles. The van der Waals surface area contributed by atoms with Crippen LogP contribution in [0.1, 0.15) is 23.0 Å². The van der Waals surface area contributed by atoms with Crippen LogP contribution in [0, 0.1) is 12.7 Å². The Hall–Kier alpha value is -2.44. The molecule has 0 saturated carbocycles. The fourth-order valence-corrected chi connectivity index (χ4v) is 1.51. The van der Waals surface area contributed by atoms with Gasteiger partial charge in [-0.1, -0.05) is 5.16 Å². The first kappa shape index (κ1) is 13.0. The third kappa shape index (κ3) is 2.87. The number of aromatic nitrogens is 2. The fourth-order valence-electron chi connectivity index (χ4n) is 1.51. The molecule has 2 N–H and O–H groups in total. The Morgan fingerprint density at radius 2 is 2.32 bits per heavy atom. The third-order valence-corrected chi connectivity index (χ3v) is 2.34. The minimum absolute atomic E-state index is 0.0453. The van der Waals surface area contributed by atoms with Gasteiger partial charge in [0, 0.05) is 18.8 Å². The largest absolute Gasteiger partial charge is 0.368 e.